The van der Waals surface area contributed by atoms with E-state index in [0.29, 0.717) is 0 Å². The fourth-order valence-corrected chi connectivity index (χ4v) is 3.76. The highest BCUT2D eigenvalue weighted by atomic mass is 16.6. The molecule has 0 radical (unpaired) electrons. The van der Waals surface area contributed by atoms with E-state index in [4.69, 9.17) is 9.47 Å². The van der Waals surface area contributed by atoms with Gasteiger partial charge in [-0.3, -0.25) is 9.59 Å². The molecular weight excluding hydrogens is 310 g/mol. The van der Waals surface area contributed by atoms with Crippen molar-refractivity contribution >= 4 is 18.0 Å². The third-order valence-corrected chi connectivity index (χ3v) is 5.19. The number of hydrogen-bond acceptors (Lipinski definition) is 5. The molecule has 6 nitrogen and oxygen atoms in total. The minimum Gasteiger partial charge on any atom is -0.468 e. The van der Waals surface area contributed by atoms with Crippen molar-refractivity contribution in [2.45, 2.75) is 46.1 Å². The molecule has 0 aromatic heterocycles. The van der Waals surface area contributed by atoms with E-state index in [1.807, 2.05) is 20.8 Å². The van der Waals surface area contributed by atoms with Crippen LogP contribution < -0.4 is 0 Å². The van der Waals surface area contributed by atoms with Gasteiger partial charge in [-0.2, -0.15) is 0 Å². The summed E-state index contributed by atoms with van der Waals surface area (Å²) in [6.07, 6.45) is 3.68. The maximum absolute atomic E-state index is 13.2. The van der Waals surface area contributed by atoms with Gasteiger partial charge in [-0.1, -0.05) is 33.3 Å². The fourth-order valence-electron chi connectivity index (χ4n) is 3.76. The molecule has 1 saturated carbocycles. The number of esters is 1. The van der Waals surface area contributed by atoms with Crippen molar-refractivity contribution in [3.8, 4) is 0 Å². The molecule has 0 unspecified atom stereocenters. The number of amides is 2. The first-order valence-corrected chi connectivity index (χ1v) is 8.42. The topological polar surface area (TPSA) is 72.9 Å². The van der Waals surface area contributed by atoms with E-state index < -0.39 is 29.9 Å². The number of cyclic esters (lactones) is 1. The molecule has 0 bridgehead atoms. The van der Waals surface area contributed by atoms with Crippen LogP contribution in [0, 0.1) is 23.2 Å². The molecule has 24 heavy (non-hydrogen) atoms. The molecule has 0 N–H and O–H groups in total. The van der Waals surface area contributed by atoms with Crippen molar-refractivity contribution in [3.05, 3.63) is 12.7 Å². The highest BCUT2D eigenvalue weighted by Gasteiger charge is 2.51. The van der Waals surface area contributed by atoms with Gasteiger partial charge in [0.15, 0.2) is 0 Å². The normalized spacial score (nSPS) is 28.4. The maximum Gasteiger partial charge on any atom is 0.417 e. The lowest BCUT2D eigenvalue weighted by atomic mass is 9.81. The van der Waals surface area contributed by atoms with Crippen LogP contribution in [0.4, 0.5) is 4.79 Å². The van der Waals surface area contributed by atoms with Crippen molar-refractivity contribution < 1.29 is 23.9 Å². The Balaban J connectivity index is 2.35. The van der Waals surface area contributed by atoms with Crippen molar-refractivity contribution in [3.63, 3.8) is 0 Å². The summed E-state index contributed by atoms with van der Waals surface area (Å²) in [6.45, 7) is 9.79. The smallest absolute Gasteiger partial charge is 0.417 e. The summed E-state index contributed by atoms with van der Waals surface area (Å²) in [5, 5.41) is 0. The zero-order valence-electron chi connectivity index (χ0n) is 14.9. The summed E-state index contributed by atoms with van der Waals surface area (Å²) in [4.78, 5) is 38.8. The molecule has 2 rings (SSSR count). The van der Waals surface area contributed by atoms with E-state index in [2.05, 4.69) is 6.58 Å². The van der Waals surface area contributed by atoms with E-state index in [1.165, 1.54) is 7.11 Å². The number of nitrogens with zero attached hydrogens (tertiary/aromatic N) is 1. The summed E-state index contributed by atoms with van der Waals surface area (Å²) in [5.74, 6) is -2.20. The zero-order valence-corrected chi connectivity index (χ0v) is 14.9. The summed E-state index contributed by atoms with van der Waals surface area (Å²) in [7, 11) is 1.27. The van der Waals surface area contributed by atoms with Gasteiger partial charge in [-0.25, -0.2) is 9.69 Å². The number of hydrogen-bond donors (Lipinski definition) is 0. The molecule has 2 aliphatic rings. The standard InChI is InChI=1S/C18H27NO5/c1-6-11-8-7-9-12(11)14(16(21)23-5)15(20)19-13(18(2,3)4)10-24-17(19)22/h6,11-14H,1,7-10H2,2-5H3/t11-,12-,13-,14-/m1/s1. The maximum atomic E-state index is 13.2. The van der Waals surface area contributed by atoms with Crippen LogP contribution in [0.2, 0.25) is 0 Å². The van der Waals surface area contributed by atoms with Crippen LogP contribution in [-0.2, 0) is 19.1 Å². The second kappa shape index (κ2) is 6.95. The molecule has 2 amide bonds. The Morgan fingerprint density at radius 2 is 2.04 bits per heavy atom. The lowest BCUT2D eigenvalue weighted by Gasteiger charge is -2.34. The Labute approximate surface area is 143 Å². The number of allylic oxidation sites excluding steroid dienone is 1. The Bertz CT molecular complexity index is 536. The molecule has 134 valence electrons. The average molecular weight is 337 g/mol. The van der Waals surface area contributed by atoms with Crippen molar-refractivity contribution in [2.75, 3.05) is 13.7 Å². The molecule has 1 aliphatic carbocycles. The minimum atomic E-state index is -0.990. The van der Waals surface area contributed by atoms with E-state index in [0.717, 1.165) is 24.2 Å². The quantitative estimate of drug-likeness (QED) is 0.448. The first-order chi connectivity index (χ1) is 11.2. The van der Waals surface area contributed by atoms with Crippen LogP contribution >= 0.6 is 0 Å². The zero-order chi connectivity index (χ0) is 18.1. The van der Waals surface area contributed by atoms with Gasteiger partial charge >= 0.3 is 12.1 Å². The largest absolute Gasteiger partial charge is 0.468 e. The number of carbonyl (C=O) groups is 3. The Morgan fingerprint density at radius 1 is 1.38 bits per heavy atom. The van der Waals surface area contributed by atoms with Gasteiger partial charge in [0.2, 0.25) is 5.91 Å². The van der Waals surface area contributed by atoms with Crippen LogP contribution in [-0.4, -0.2) is 42.6 Å². The summed E-state index contributed by atoms with van der Waals surface area (Å²) in [6, 6.07) is -0.395. The molecule has 6 heteroatoms. The van der Waals surface area contributed by atoms with Crippen LogP contribution in [0.25, 0.3) is 0 Å². The number of imide groups is 1. The van der Waals surface area contributed by atoms with Crippen molar-refractivity contribution in [1.82, 2.24) is 4.90 Å². The first kappa shape index (κ1) is 18.5. The highest BCUT2D eigenvalue weighted by Crippen LogP contribution is 2.40. The number of carbonyl (C=O) groups excluding carboxylic acids is 3. The summed E-state index contributed by atoms with van der Waals surface area (Å²) >= 11 is 0. The van der Waals surface area contributed by atoms with E-state index in [-0.39, 0.29) is 23.9 Å². The van der Waals surface area contributed by atoms with Crippen LogP contribution in [0.15, 0.2) is 12.7 Å². The molecule has 2 fully saturated rings. The van der Waals surface area contributed by atoms with Gasteiger partial charge in [0.1, 0.15) is 12.5 Å². The molecule has 0 aromatic rings. The number of rotatable bonds is 4. The second-order valence-corrected chi connectivity index (χ2v) is 7.66. The highest BCUT2D eigenvalue weighted by molar-refractivity contribution is 6.04. The number of ether oxygens (including phenoxy) is 2. The van der Waals surface area contributed by atoms with E-state index in [1.54, 1.807) is 6.08 Å². The third kappa shape index (κ3) is 3.32. The van der Waals surface area contributed by atoms with Gasteiger partial charge in [-0.05, 0) is 30.1 Å². The molecule has 1 saturated heterocycles. The van der Waals surface area contributed by atoms with Gasteiger partial charge in [0.05, 0.1) is 13.2 Å². The van der Waals surface area contributed by atoms with Gasteiger partial charge < -0.3 is 9.47 Å². The Morgan fingerprint density at radius 3 is 2.58 bits per heavy atom. The second-order valence-electron chi connectivity index (χ2n) is 7.66. The van der Waals surface area contributed by atoms with Crippen LogP contribution in [0.3, 0.4) is 0 Å². The predicted molar refractivity (Wildman–Crippen MR) is 88.0 cm³/mol. The van der Waals surface area contributed by atoms with Crippen molar-refractivity contribution in [2.24, 2.45) is 23.2 Å². The lowest BCUT2D eigenvalue weighted by molar-refractivity contribution is -0.156. The van der Waals surface area contributed by atoms with E-state index >= 15 is 0 Å². The average Bonchev–Trinajstić information content (AvgIpc) is 3.12. The van der Waals surface area contributed by atoms with Gasteiger partial charge in [0, 0.05) is 0 Å². The molecule has 1 heterocycles. The lowest BCUT2D eigenvalue weighted by Crippen LogP contribution is -2.51. The first-order valence-electron chi connectivity index (χ1n) is 8.42. The summed E-state index contributed by atoms with van der Waals surface area (Å²) in [5.41, 5.74) is -0.337. The molecule has 0 aromatic carbocycles. The molecule has 4 atom stereocenters. The molecule has 1 aliphatic heterocycles. The van der Waals surface area contributed by atoms with Crippen LogP contribution in [0.5, 0.6) is 0 Å². The monoisotopic (exact) mass is 337 g/mol. The van der Waals surface area contributed by atoms with Gasteiger partial charge in [0.25, 0.3) is 0 Å². The van der Waals surface area contributed by atoms with Gasteiger partial charge in [-0.15, -0.1) is 6.58 Å². The Kier molecular flexibility index (Phi) is 5.35. The SMILES string of the molecule is C=C[C@@H]1CCC[C@H]1[C@@H](C(=O)OC)C(=O)N1C(=O)OC[C@@H]1C(C)(C)C. The van der Waals surface area contributed by atoms with Crippen LogP contribution in [0.1, 0.15) is 40.0 Å². The third-order valence-electron chi connectivity index (χ3n) is 5.19. The predicted octanol–water partition coefficient (Wildman–Crippen LogP) is 2.77. The van der Waals surface area contributed by atoms with E-state index in [9.17, 15) is 14.4 Å². The van der Waals surface area contributed by atoms with Crippen molar-refractivity contribution in [1.29, 1.82) is 0 Å². The Hall–Kier alpha value is -1.85. The minimum absolute atomic E-state index is 0.0739. The molecule has 0 spiro atoms. The fraction of sp³-hybridized carbons (Fsp3) is 0.722. The number of methoxy groups -OCH3 is 1. The summed E-state index contributed by atoms with van der Waals surface area (Å²) < 4.78 is 9.98. The molecular formula is C18H27NO5.